The fraction of sp³-hybridized carbons (Fsp3) is 0.333. The van der Waals surface area contributed by atoms with E-state index in [4.69, 9.17) is 0 Å². The van der Waals surface area contributed by atoms with Crippen LogP contribution in [0.1, 0.15) is 25.0 Å². The molecule has 2 aromatic rings. The largest absolute Gasteiger partial charge is 0.250 e. The Labute approximate surface area is 138 Å². The molecule has 1 aromatic carbocycles. The molecule has 0 spiro atoms. The Kier molecular flexibility index (Phi) is 4.92. The average molecular weight is 388 g/mol. The Morgan fingerprint density at radius 1 is 1.24 bits per heavy atom. The van der Waals surface area contributed by atoms with Gasteiger partial charge in [0.1, 0.15) is 4.21 Å². The number of hydrogen-bond donors (Lipinski definition) is 1. The molecule has 0 atom stereocenters. The van der Waals surface area contributed by atoms with Crippen LogP contribution in [-0.4, -0.2) is 15.0 Å². The van der Waals surface area contributed by atoms with Crippen molar-refractivity contribution < 1.29 is 8.42 Å². The summed E-state index contributed by atoms with van der Waals surface area (Å²) in [5.74, 6) is 0. The SMILES string of the molecule is Cc1cc(S(=O)(=O)NCC(C)(C)c2ccccc2)sc1Br. The van der Waals surface area contributed by atoms with Gasteiger partial charge in [0.25, 0.3) is 0 Å². The van der Waals surface area contributed by atoms with Crippen LogP contribution in [0.5, 0.6) is 0 Å². The molecule has 1 aromatic heterocycles. The van der Waals surface area contributed by atoms with E-state index >= 15 is 0 Å². The van der Waals surface area contributed by atoms with Crippen molar-refractivity contribution in [2.75, 3.05) is 6.54 Å². The molecule has 0 saturated carbocycles. The molecule has 0 radical (unpaired) electrons. The number of hydrogen-bond acceptors (Lipinski definition) is 3. The highest BCUT2D eigenvalue weighted by atomic mass is 79.9. The first-order valence-corrected chi connectivity index (χ1v) is 9.63. The average Bonchev–Trinajstić information content (AvgIpc) is 2.79. The van der Waals surface area contributed by atoms with Gasteiger partial charge in [0.15, 0.2) is 0 Å². The van der Waals surface area contributed by atoms with Crippen LogP contribution in [-0.2, 0) is 15.4 Å². The van der Waals surface area contributed by atoms with Gasteiger partial charge in [-0.05, 0) is 40.0 Å². The molecule has 0 fully saturated rings. The van der Waals surface area contributed by atoms with Crippen molar-refractivity contribution in [3.63, 3.8) is 0 Å². The summed E-state index contributed by atoms with van der Waals surface area (Å²) in [5.41, 5.74) is 1.77. The maximum absolute atomic E-state index is 12.4. The third kappa shape index (κ3) is 3.94. The predicted octanol–water partition coefficient (Wildman–Crippen LogP) is 4.08. The second-order valence-corrected chi connectivity index (χ2v) is 9.96. The summed E-state index contributed by atoms with van der Waals surface area (Å²) in [6, 6.07) is 11.6. The van der Waals surface area contributed by atoms with Crippen molar-refractivity contribution in [1.29, 1.82) is 0 Å². The first-order chi connectivity index (χ1) is 9.72. The number of nitrogens with one attached hydrogen (secondary N) is 1. The minimum atomic E-state index is -3.46. The van der Waals surface area contributed by atoms with Crippen molar-refractivity contribution in [3.8, 4) is 0 Å². The Morgan fingerprint density at radius 2 is 1.86 bits per heavy atom. The molecule has 1 heterocycles. The zero-order chi connectivity index (χ0) is 15.7. The lowest BCUT2D eigenvalue weighted by Gasteiger charge is -2.25. The maximum Gasteiger partial charge on any atom is 0.250 e. The Hall–Kier alpha value is -0.690. The molecular formula is C15H18BrNO2S2. The maximum atomic E-state index is 12.4. The summed E-state index contributed by atoms with van der Waals surface area (Å²) in [4.78, 5) is 0. The number of rotatable bonds is 5. The normalized spacial score (nSPS) is 12.6. The lowest BCUT2D eigenvalue weighted by Crippen LogP contribution is -2.36. The van der Waals surface area contributed by atoms with Gasteiger partial charge in [0, 0.05) is 12.0 Å². The van der Waals surface area contributed by atoms with Crippen molar-refractivity contribution >= 4 is 37.3 Å². The van der Waals surface area contributed by atoms with Crippen molar-refractivity contribution in [3.05, 3.63) is 51.3 Å². The lowest BCUT2D eigenvalue weighted by atomic mass is 9.85. The number of aryl methyl sites for hydroxylation is 1. The predicted molar refractivity (Wildman–Crippen MR) is 91.4 cm³/mol. The van der Waals surface area contributed by atoms with Crippen LogP contribution in [0, 0.1) is 6.92 Å². The van der Waals surface area contributed by atoms with Crippen molar-refractivity contribution in [2.45, 2.75) is 30.4 Å². The minimum absolute atomic E-state index is 0.266. The molecule has 0 aliphatic carbocycles. The summed E-state index contributed by atoms with van der Waals surface area (Å²) >= 11 is 4.60. The summed E-state index contributed by atoms with van der Waals surface area (Å²) < 4.78 is 28.6. The van der Waals surface area contributed by atoms with Crippen LogP contribution in [0.4, 0.5) is 0 Å². The smallest absolute Gasteiger partial charge is 0.210 e. The fourth-order valence-electron chi connectivity index (χ4n) is 1.90. The van der Waals surface area contributed by atoms with E-state index in [9.17, 15) is 8.42 Å². The van der Waals surface area contributed by atoms with Crippen LogP contribution in [0.15, 0.2) is 44.4 Å². The van der Waals surface area contributed by atoms with E-state index in [-0.39, 0.29) is 5.41 Å². The molecule has 1 N–H and O–H groups in total. The van der Waals surface area contributed by atoms with Gasteiger partial charge in [-0.1, -0.05) is 44.2 Å². The molecule has 114 valence electrons. The second kappa shape index (κ2) is 6.20. The fourth-order valence-corrected chi connectivity index (χ4v) is 5.38. The molecule has 3 nitrogen and oxygen atoms in total. The number of benzene rings is 1. The quantitative estimate of drug-likeness (QED) is 0.839. The molecule has 0 unspecified atom stereocenters. The number of thiophene rings is 1. The van der Waals surface area contributed by atoms with Gasteiger partial charge in [0.2, 0.25) is 10.0 Å². The van der Waals surface area contributed by atoms with Crippen molar-refractivity contribution in [2.24, 2.45) is 0 Å². The molecule has 2 rings (SSSR count). The first kappa shape index (κ1) is 16.7. The van der Waals surface area contributed by atoms with Gasteiger partial charge in [-0.3, -0.25) is 0 Å². The third-order valence-electron chi connectivity index (χ3n) is 3.36. The molecule has 0 amide bonds. The van der Waals surface area contributed by atoms with Crippen LogP contribution in [0.3, 0.4) is 0 Å². The van der Waals surface area contributed by atoms with Crippen LogP contribution in [0.2, 0.25) is 0 Å². The number of halogens is 1. The van der Waals surface area contributed by atoms with E-state index in [0.29, 0.717) is 10.8 Å². The summed E-state index contributed by atoms with van der Waals surface area (Å²) in [6.45, 7) is 6.29. The molecule has 21 heavy (non-hydrogen) atoms. The Balaban J connectivity index is 2.15. The van der Waals surface area contributed by atoms with Gasteiger partial charge < -0.3 is 0 Å². The van der Waals surface area contributed by atoms with Gasteiger partial charge in [-0.25, -0.2) is 13.1 Å². The highest BCUT2D eigenvalue weighted by Gasteiger charge is 2.25. The highest BCUT2D eigenvalue weighted by Crippen LogP contribution is 2.31. The summed E-state index contributed by atoms with van der Waals surface area (Å²) in [7, 11) is -3.46. The monoisotopic (exact) mass is 387 g/mol. The zero-order valence-electron chi connectivity index (χ0n) is 12.2. The standard InChI is InChI=1S/C15H18BrNO2S2/c1-11-9-13(20-14(11)16)21(18,19)17-10-15(2,3)12-7-5-4-6-8-12/h4-9,17H,10H2,1-3H3. The van der Waals surface area contributed by atoms with E-state index < -0.39 is 10.0 Å². The van der Waals surface area contributed by atoms with Crippen LogP contribution >= 0.6 is 27.3 Å². The molecule has 0 bridgehead atoms. The summed E-state index contributed by atoms with van der Waals surface area (Å²) in [5, 5.41) is 0. The third-order valence-corrected chi connectivity index (χ3v) is 7.37. The molecule has 0 aliphatic heterocycles. The van der Waals surface area contributed by atoms with Gasteiger partial charge in [-0.15, -0.1) is 11.3 Å². The highest BCUT2D eigenvalue weighted by molar-refractivity contribution is 9.11. The van der Waals surface area contributed by atoms with E-state index in [2.05, 4.69) is 20.7 Å². The van der Waals surface area contributed by atoms with Gasteiger partial charge in [0.05, 0.1) is 3.79 Å². The lowest BCUT2D eigenvalue weighted by molar-refractivity contribution is 0.502. The first-order valence-electron chi connectivity index (χ1n) is 6.53. The van der Waals surface area contributed by atoms with Gasteiger partial charge >= 0.3 is 0 Å². The van der Waals surface area contributed by atoms with E-state index in [1.165, 1.54) is 11.3 Å². The molecule has 0 aliphatic rings. The van der Waals surface area contributed by atoms with E-state index in [0.717, 1.165) is 14.9 Å². The zero-order valence-corrected chi connectivity index (χ0v) is 15.4. The van der Waals surface area contributed by atoms with Gasteiger partial charge in [-0.2, -0.15) is 0 Å². The van der Waals surface area contributed by atoms with Crippen LogP contribution < -0.4 is 4.72 Å². The minimum Gasteiger partial charge on any atom is -0.210 e. The second-order valence-electron chi connectivity index (χ2n) is 5.60. The van der Waals surface area contributed by atoms with Crippen molar-refractivity contribution in [1.82, 2.24) is 4.72 Å². The number of sulfonamides is 1. The molecular weight excluding hydrogens is 370 g/mol. The summed E-state index contributed by atoms with van der Waals surface area (Å²) in [6.07, 6.45) is 0. The van der Waals surface area contributed by atoms with Crippen LogP contribution in [0.25, 0.3) is 0 Å². The molecule has 6 heteroatoms. The Morgan fingerprint density at radius 3 is 2.38 bits per heavy atom. The molecule has 0 saturated heterocycles. The topological polar surface area (TPSA) is 46.2 Å². The van der Waals surface area contributed by atoms with E-state index in [1.807, 2.05) is 51.1 Å². The van der Waals surface area contributed by atoms with E-state index in [1.54, 1.807) is 6.07 Å². The Bertz CT molecular complexity index is 702.